The molecular weight excluding hydrogens is 355 g/mol. The van der Waals surface area contributed by atoms with Crippen LogP contribution in [-0.2, 0) is 9.53 Å². The predicted molar refractivity (Wildman–Crippen MR) is 95.6 cm³/mol. The van der Waals surface area contributed by atoms with Crippen molar-refractivity contribution in [2.75, 3.05) is 23.7 Å². The van der Waals surface area contributed by atoms with Crippen molar-refractivity contribution in [1.29, 1.82) is 0 Å². The lowest BCUT2D eigenvalue weighted by Gasteiger charge is -2.10. The molecule has 0 radical (unpaired) electrons. The van der Waals surface area contributed by atoms with Crippen LogP contribution in [0.25, 0.3) is 0 Å². The van der Waals surface area contributed by atoms with Crippen LogP contribution in [0.15, 0.2) is 41.3 Å². The second kappa shape index (κ2) is 6.91. The molecule has 3 rings (SSSR count). The maximum absolute atomic E-state index is 11.8. The molecule has 0 saturated heterocycles. The zero-order chi connectivity index (χ0) is 16.4. The molecule has 7 heteroatoms. The molecule has 0 aromatic heterocycles. The fourth-order valence-electron chi connectivity index (χ4n) is 2.46. The number of hydrogen-bond acceptors (Lipinski definition) is 5. The number of nitrogens with one attached hydrogen (secondary N) is 2. The van der Waals surface area contributed by atoms with Crippen LogP contribution in [0.2, 0.25) is 10.0 Å². The summed E-state index contributed by atoms with van der Waals surface area (Å²) >= 11 is 13.4. The molecule has 2 aromatic carbocycles. The van der Waals surface area contributed by atoms with Crippen LogP contribution < -0.4 is 10.0 Å². The Hall–Kier alpha value is -1.56. The van der Waals surface area contributed by atoms with Crippen molar-refractivity contribution in [2.45, 2.75) is 10.8 Å². The van der Waals surface area contributed by atoms with E-state index in [0.29, 0.717) is 16.6 Å². The summed E-state index contributed by atoms with van der Waals surface area (Å²) in [6, 6.07) is 11.2. The van der Waals surface area contributed by atoms with Crippen LogP contribution in [0.5, 0.6) is 0 Å². The Morgan fingerprint density at radius 2 is 2.00 bits per heavy atom. The average molecular weight is 369 g/mol. The molecule has 1 heterocycles. The van der Waals surface area contributed by atoms with E-state index < -0.39 is 0 Å². The molecule has 2 aromatic rings. The number of fused-ring (bicyclic) bond motifs is 1. The van der Waals surface area contributed by atoms with E-state index in [1.54, 1.807) is 6.07 Å². The van der Waals surface area contributed by atoms with Crippen LogP contribution in [0.3, 0.4) is 0 Å². The molecule has 1 aliphatic rings. The zero-order valence-corrected chi connectivity index (χ0v) is 14.6. The quantitative estimate of drug-likeness (QED) is 0.599. The van der Waals surface area contributed by atoms with Gasteiger partial charge in [-0.25, -0.2) is 0 Å². The Balaban J connectivity index is 1.76. The lowest BCUT2D eigenvalue weighted by molar-refractivity contribution is -0.141. The first-order valence-corrected chi connectivity index (χ1v) is 8.48. The predicted octanol–water partition coefficient (Wildman–Crippen LogP) is 4.79. The number of halogens is 2. The summed E-state index contributed by atoms with van der Waals surface area (Å²) in [5, 5.41) is 4.39. The van der Waals surface area contributed by atoms with E-state index in [9.17, 15) is 4.79 Å². The summed E-state index contributed by atoms with van der Waals surface area (Å²) in [5.74, 6) is -0.509. The molecule has 1 unspecified atom stereocenters. The van der Waals surface area contributed by atoms with Gasteiger partial charge in [-0.05, 0) is 53.9 Å². The van der Waals surface area contributed by atoms with Gasteiger partial charge in [-0.15, -0.1) is 0 Å². The molecule has 120 valence electrons. The van der Waals surface area contributed by atoms with Crippen molar-refractivity contribution < 1.29 is 9.53 Å². The number of benzene rings is 2. The standard InChI is InChI=1S/C16H14Cl2N2O2S/c1-22-16(21)14-8-19-15-3-2-11(7-13(14)15)20-23-12-5-9(17)4-10(18)6-12/h2-7,14,19-20H,8H2,1H3. The number of hydrogen-bond donors (Lipinski definition) is 2. The normalized spacial score (nSPS) is 15.7. The van der Waals surface area contributed by atoms with Crippen LogP contribution in [-0.4, -0.2) is 19.6 Å². The first-order chi connectivity index (χ1) is 11.1. The summed E-state index contributed by atoms with van der Waals surface area (Å²) in [6.07, 6.45) is 0. The summed E-state index contributed by atoms with van der Waals surface area (Å²) < 4.78 is 8.09. The molecule has 1 aliphatic heterocycles. The Kier molecular flexibility index (Phi) is 4.90. The van der Waals surface area contributed by atoms with Crippen molar-refractivity contribution in [3.05, 3.63) is 52.0 Å². The first kappa shape index (κ1) is 16.3. The van der Waals surface area contributed by atoms with Gasteiger partial charge in [0.05, 0.1) is 7.11 Å². The van der Waals surface area contributed by atoms with Gasteiger partial charge < -0.3 is 14.8 Å². The van der Waals surface area contributed by atoms with Gasteiger partial charge in [-0.1, -0.05) is 23.2 Å². The fraction of sp³-hybridized carbons (Fsp3) is 0.188. The number of carbonyl (C=O) groups excluding carboxylic acids is 1. The molecule has 0 saturated carbocycles. The van der Waals surface area contributed by atoms with Gasteiger partial charge >= 0.3 is 5.97 Å². The first-order valence-electron chi connectivity index (χ1n) is 6.91. The highest BCUT2D eigenvalue weighted by Gasteiger charge is 2.29. The van der Waals surface area contributed by atoms with Crippen molar-refractivity contribution in [1.82, 2.24) is 0 Å². The number of methoxy groups -OCH3 is 1. The second-order valence-electron chi connectivity index (χ2n) is 5.07. The minimum absolute atomic E-state index is 0.234. The molecule has 1 atom stereocenters. The van der Waals surface area contributed by atoms with Crippen molar-refractivity contribution in [3.8, 4) is 0 Å². The van der Waals surface area contributed by atoms with Crippen LogP contribution in [0, 0.1) is 0 Å². The van der Waals surface area contributed by atoms with Gasteiger partial charge in [0, 0.05) is 32.9 Å². The van der Waals surface area contributed by atoms with E-state index in [4.69, 9.17) is 27.9 Å². The molecular formula is C16H14Cl2N2O2S. The number of rotatable bonds is 4. The summed E-state index contributed by atoms with van der Waals surface area (Å²) in [7, 11) is 1.40. The number of carbonyl (C=O) groups is 1. The minimum atomic E-state index is -0.276. The van der Waals surface area contributed by atoms with E-state index in [1.807, 2.05) is 30.3 Å². The molecule has 23 heavy (non-hydrogen) atoms. The fourth-order valence-corrected chi connectivity index (χ4v) is 3.85. The van der Waals surface area contributed by atoms with E-state index in [1.165, 1.54) is 19.1 Å². The number of anilines is 2. The lowest BCUT2D eigenvalue weighted by Crippen LogP contribution is -2.15. The Morgan fingerprint density at radius 1 is 1.26 bits per heavy atom. The maximum atomic E-state index is 11.8. The van der Waals surface area contributed by atoms with Gasteiger partial charge in [0.15, 0.2) is 0 Å². The third-order valence-corrected chi connectivity index (χ3v) is 4.78. The maximum Gasteiger partial charge on any atom is 0.315 e. The van der Waals surface area contributed by atoms with E-state index in [2.05, 4.69) is 10.0 Å². The SMILES string of the molecule is COC(=O)C1CNc2ccc(NSc3cc(Cl)cc(Cl)c3)cc21. The van der Waals surface area contributed by atoms with Crippen molar-refractivity contribution in [3.63, 3.8) is 0 Å². The van der Waals surface area contributed by atoms with E-state index in [0.717, 1.165) is 21.8 Å². The summed E-state index contributed by atoms with van der Waals surface area (Å²) in [5.41, 5.74) is 2.79. The third-order valence-electron chi connectivity index (χ3n) is 3.53. The molecule has 0 fully saturated rings. The minimum Gasteiger partial charge on any atom is -0.468 e. The average Bonchev–Trinajstić information content (AvgIpc) is 2.94. The Labute approximate surface area is 148 Å². The van der Waals surface area contributed by atoms with Crippen molar-refractivity contribution in [2.24, 2.45) is 0 Å². The van der Waals surface area contributed by atoms with Crippen LogP contribution in [0.4, 0.5) is 11.4 Å². The van der Waals surface area contributed by atoms with Gasteiger partial charge in [-0.3, -0.25) is 4.79 Å². The molecule has 0 amide bonds. The Bertz CT molecular complexity index is 735. The largest absolute Gasteiger partial charge is 0.468 e. The van der Waals surface area contributed by atoms with Gasteiger partial charge in [0.25, 0.3) is 0 Å². The summed E-state index contributed by atoms with van der Waals surface area (Å²) in [4.78, 5) is 12.7. The molecule has 0 aliphatic carbocycles. The lowest BCUT2D eigenvalue weighted by atomic mass is 10.0. The highest BCUT2D eigenvalue weighted by atomic mass is 35.5. The topological polar surface area (TPSA) is 50.4 Å². The van der Waals surface area contributed by atoms with Gasteiger partial charge in [-0.2, -0.15) is 0 Å². The highest BCUT2D eigenvalue weighted by Crippen LogP contribution is 2.35. The third kappa shape index (κ3) is 3.68. The zero-order valence-electron chi connectivity index (χ0n) is 12.2. The number of ether oxygens (including phenoxy) is 1. The van der Waals surface area contributed by atoms with Crippen molar-refractivity contribution >= 4 is 52.5 Å². The van der Waals surface area contributed by atoms with Gasteiger partial charge in [0.2, 0.25) is 0 Å². The van der Waals surface area contributed by atoms with E-state index in [-0.39, 0.29) is 11.9 Å². The second-order valence-corrected chi connectivity index (χ2v) is 6.82. The van der Waals surface area contributed by atoms with E-state index >= 15 is 0 Å². The molecule has 0 spiro atoms. The van der Waals surface area contributed by atoms with Gasteiger partial charge in [0.1, 0.15) is 5.92 Å². The van der Waals surface area contributed by atoms with Crippen LogP contribution >= 0.6 is 35.1 Å². The number of esters is 1. The smallest absolute Gasteiger partial charge is 0.315 e. The molecule has 2 N–H and O–H groups in total. The summed E-state index contributed by atoms with van der Waals surface area (Å²) in [6.45, 7) is 0.558. The monoisotopic (exact) mass is 368 g/mol. The van der Waals surface area contributed by atoms with Crippen LogP contribution in [0.1, 0.15) is 11.5 Å². The highest BCUT2D eigenvalue weighted by molar-refractivity contribution is 8.00. The Morgan fingerprint density at radius 3 is 2.70 bits per heavy atom. The molecule has 0 bridgehead atoms. The molecule has 4 nitrogen and oxygen atoms in total.